The van der Waals surface area contributed by atoms with Gasteiger partial charge in [-0.15, -0.1) is 0 Å². The summed E-state index contributed by atoms with van der Waals surface area (Å²) in [5.41, 5.74) is 2.41. The van der Waals surface area contributed by atoms with E-state index in [2.05, 4.69) is 50.4 Å². The smallest absolute Gasteiger partial charge is 0.143 e. The van der Waals surface area contributed by atoms with Crippen LogP contribution in [0.3, 0.4) is 0 Å². The maximum Gasteiger partial charge on any atom is 0.143 e. The van der Waals surface area contributed by atoms with Gasteiger partial charge in [0, 0.05) is 50.9 Å². The predicted molar refractivity (Wildman–Crippen MR) is 97.9 cm³/mol. The quantitative estimate of drug-likeness (QED) is 0.876. The first kappa shape index (κ1) is 16.5. The minimum Gasteiger partial charge on any atom is -0.382 e. The first-order valence-electron chi connectivity index (χ1n) is 9.09. The van der Waals surface area contributed by atoms with Gasteiger partial charge in [0.05, 0.1) is 18.1 Å². The van der Waals surface area contributed by atoms with Crippen molar-refractivity contribution in [3.05, 3.63) is 60.2 Å². The molecule has 4 rings (SSSR count). The molecule has 5 heteroatoms. The lowest BCUT2D eigenvalue weighted by molar-refractivity contribution is 0.0856. The van der Waals surface area contributed by atoms with E-state index in [0.29, 0.717) is 0 Å². The average Bonchev–Trinajstić information content (AvgIpc) is 3.43. The Morgan fingerprint density at radius 3 is 2.48 bits per heavy atom. The summed E-state index contributed by atoms with van der Waals surface area (Å²) in [6.45, 7) is 6.34. The van der Waals surface area contributed by atoms with Crippen molar-refractivity contribution in [2.24, 2.45) is 0 Å². The first-order valence-corrected chi connectivity index (χ1v) is 9.09. The molecule has 0 amide bonds. The molecule has 132 valence electrons. The van der Waals surface area contributed by atoms with Crippen molar-refractivity contribution in [3.63, 3.8) is 0 Å². The molecule has 2 aliphatic rings. The Morgan fingerprint density at radius 1 is 1.04 bits per heavy atom. The summed E-state index contributed by atoms with van der Waals surface area (Å²) in [4.78, 5) is 9.06. The summed E-state index contributed by atoms with van der Waals surface area (Å²) in [5.74, 6) is -0.288. The number of pyridine rings is 1. The van der Waals surface area contributed by atoms with Crippen LogP contribution in [-0.2, 0) is 6.54 Å². The molecular formula is C20H25FN4. The summed E-state index contributed by atoms with van der Waals surface area (Å²) in [6.07, 6.45) is 5.38. The van der Waals surface area contributed by atoms with E-state index in [1.165, 1.54) is 30.7 Å². The van der Waals surface area contributed by atoms with Gasteiger partial charge in [-0.05, 0) is 18.4 Å². The molecule has 25 heavy (non-hydrogen) atoms. The van der Waals surface area contributed by atoms with E-state index < -0.39 is 0 Å². The SMILES string of the molecule is Fc1cncc(NCC2(N3CCN(Cc4ccccc4)CC3)CC2)c1. The number of nitrogens with one attached hydrogen (secondary N) is 1. The molecule has 2 heterocycles. The Labute approximate surface area is 148 Å². The van der Waals surface area contributed by atoms with E-state index in [1.807, 2.05) is 0 Å². The van der Waals surface area contributed by atoms with E-state index >= 15 is 0 Å². The molecule has 2 fully saturated rings. The fraction of sp³-hybridized carbons (Fsp3) is 0.450. The van der Waals surface area contributed by atoms with Crippen LogP contribution < -0.4 is 5.32 Å². The number of anilines is 1. The molecule has 2 aromatic rings. The van der Waals surface area contributed by atoms with Gasteiger partial charge in [-0.1, -0.05) is 30.3 Å². The number of piperazine rings is 1. The topological polar surface area (TPSA) is 31.4 Å². The van der Waals surface area contributed by atoms with Gasteiger partial charge in [0.15, 0.2) is 0 Å². The van der Waals surface area contributed by atoms with Crippen LogP contribution in [-0.4, -0.2) is 53.0 Å². The molecule has 1 saturated carbocycles. The molecule has 0 radical (unpaired) electrons. The summed E-state index contributed by atoms with van der Waals surface area (Å²) < 4.78 is 13.3. The second-order valence-electron chi connectivity index (χ2n) is 7.22. The Bertz CT molecular complexity index is 694. The third-order valence-corrected chi connectivity index (χ3v) is 5.45. The molecule has 1 saturated heterocycles. The zero-order valence-electron chi connectivity index (χ0n) is 14.5. The van der Waals surface area contributed by atoms with Crippen molar-refractivity contribution >= 4 is 5.69 Å². The second kappa shape index (κ2) is 7.10. The van der Waals surface area contributed by atoms with Crippen LogP contribution in [0.15, 0.2) is 48.8 Å². The maximum absolute atomic E-state index is 13.3. The fourth-order valence-electron chi connectivity index (χ4n) is 3.75. The minimum atomic E-state index is -0.288. The number of halogens is 1. The van der Waals surface area contributed by atoms with Crippen molar-refractivity contribution in [2.45, 2.75) is 24.9 Å². The lowest BCUT2D eigenvalue weighted by atomic mass is 10.1. The zero-order chi connectivity index (χ0) is 17.1. The normalized spacial score (nSPS) is 20.4. The minimum absolute atomic E-state index is 0.255. The van der Waals surface area contributed by atoms with Crippen molar-refractivity contribution in [1.82, 2.24) is 14.8 Å². The van der Waals surface area contributed by atoms with Gasteiger partial charge in [0.2, 0.25) is 0 Å². The number of benzene rings is 1. The first-order chi connectivity index (χ1) is 12.2. The molecule has 1 aromatic carbocycles. The van der Waals surface area contributed by atoms with Crippen LogP contribution in [0.2, 0.25) is 0 Å². The van der Waals surface area contributed by atoms with E-state index in [4.69, 9.17) is 0 Å². The van der Waals surface area contributed by atoms with E-state index in [0.717, 1.165) is 45.0 Å². The average molecular weight is 340 g/mol. The largest absolute Gasteiger partial charge is 0.382 e. The number of aromatic nitrogens is 1. The molecule has 0 atom stereocenters. The summed E-state index contributed by atoms with van der Waals surface area (Å²) in [5, 5.41) is 3.38. The number of nitrogens with zero attached hydrogens (tertiary/aromatic N) is 3. The van der Waals surface area contributed by atoms with E-state index in [1.54, 1.807) is 6.20 Å². The van der Waals surface area contributed by atoms with E-state index in [9.17, 15) is 4.39 Å². The molecule has 1 aliphatic heterocycles. The molecule has 1 aromatic heterocycles. The zero-order valence-corrected chi connectivity index (χ0v) is 14.5. The molecule has 0 unspecified atom stereocenters. The standard InChI is InChI=1S/C20H25FN4/c21-18-12-19(14-22-13-18)23-16-20(6-7-20)25-10-8-24(9-11-25)15-17-4-2-1-3-5-17/h1-5,12-14,23H,6-11,15-16H2. The summed E-state index contributed by atoms with van der Waals surface area (Å²) >= 11 is 0. The van der Waals surface area contributed by atoms with Gasteiger partial charge >= 0.3 is 0 Å². The maximum atomic E-state index is 13.3. The number of rotatable bonds is 6. The predicted octanol–water partition coefficient (Wildman–Crippen LogP) is 2.98. The van der Waals surface area contributed by atoms with Crippen LogP contribution in [0.1, 0.15) is 18.4 Å². The van der Waals surface area contributed by atoms with Gasteiger partial charge in [0.1, 0.15) is 5.82 Å². The van der Waals surface area contributed by atoms with Crippen LogP contribution in [0, 0.1) is 5.82 Å². The monoisotopic (exact) mass is 340 g/mol. The highest BCUT2D eigenvalue weighted by molar-refractivity contribution is 5.41. The Hall–Kier alpha value is -1.98. The number of hydrogen-bond donors (Lipinski definition) is 1. The van der Waals surface area contributed by atoms with Crippen molar-refractivity contribution in [3.8, 4) is 0 Å². The highest BCUT2D eigenvalue weighted by Crippen LogP contribution is 2.42. The molecule has 0 bridgehead atoms. The lowest BCUT2D eigenvalue weighted by Crippen LogP contribution is -2.53. The van der Waals surface area contributed by atoms with Crippen molar-refractivity contribution < 1.29 is 4.39 Å². The highest BCUT2D eigenvalue weighted by Gasteiger charge is 2.48. The fourth-order valence-corrected chi connectivity index (χ4v) is 3.75. The third-order valence-electron chi connectivity index (χ3n) is 5.45. The highest BCUT2D eigenvalue weighted by atomic mass is 19.1. The second-order valence-corrected chi connectivity index (χ2v) is 7.22. The van der Waals surface area contributed by atoms with Gasteiger partial charge in [-0.3, -0.25) is 14.8 Å². The molecular weight excluding hydrogens is 315 g/mol. The van der Waals surface area contributed by atoms with Crippen LogP contribution in [0.4, 0.5) is 10.1 Å². The Morgan fingerprint density at radius 2 is 1.80 bits per heavy atom. The Balaban J connectivity index is 1.28. The lowest BCUT2D eigenvalue weighted by Gasteiger charge is -2.40. The summed E-state index contributed by atoms with van der Waals surface area (Å²) in [6, 6.07) is 12.2. The van der Waals surface area contributed by atoms with Gasteiger partial charge in [-0.25, -0.2) is 4.39 Å². The molecule has 4 nitrogen and oxygen atoms in total. The van der Waals surface area contributed by atoms with Gasteiger partial charge < -0.3 is 5.32 Å². The molecule has 1 N–H and O–H groups in total. The number of hydrogen-bond acceptors (Lipinski definition) is 4. The molecule has 0 spiro atoms. The van der Waals surface area contributed by atoms with Gasteiger partial charge in [0.25, 0.3) is 0 Å². The third kappa shape index (κ3) is 3.99. The van der Waals surface area contributed by atoms with Crippen molar-refractivity contribution in [2.75, 3.05) is 38.0 Å². The van der Waals surface area contributed by atoms with E-state index in [-0.39, 0.29) is 11.4 Å². The van der Waals surface area contributed by atoms with Crippen LogP contribution >= 0.6 is 0 Å². The molecule has 1 aliphatic carbocycles. The van der Waals surface area contributed by atoms with Crippen LogP contribution in [0.25, 0.3) is 0 Å². The Kier molecular flexibility index (Phi) is 4.68. The summed E-state index contributed by atoms with van der Waals surface area (Å²) in [7, 11) is 0. The van der Waals surface area contributed by atoms with Crippen LogP contribution in [0.5, 0.6) is 0 Å². The van der Waals surface area contributed by atoms with Gasteiger partial charge in [-0.2, -0.15) is 0 Å². The van der Waals surface area contributed by atoms with Crippen molar-refractivity contribution in [1.29, 1.82) is 0 Å².